The first-order valence-electron chi connectivity index (χ1n) is 6.28. The third kappa shape index (κ3) is 6.50. The van der Waals surface area contributed by atoms with Crippen molar-refractivity contribution in [2.45, 2.75) is 33.7 Å². The Bertz CT molecular complexity index is 454. The van der Waals surface area contributed by atoms with Gasteiger partial charge in [-0.05, 0) is 25.0 Å². The lowest BCUT2D eigenvalue weighted by Gasteiger charge is -2.05. The molecule has 0 aromatic carbocycles. The molecule has 0 aliphatic rings. The number of aromatic nitrogens is 2. The van der Waals surface area contributed by atoms with Gasteiger partial charge in [0.1, 0.15) is 5.69 Å². The molecule has 1 heterocycles. The van der Waals surface area contributed by atoms with Gasteiger partial charge in [-0.25, -0.2) is 9.37 Å². The van der Waals surface area contributed by atoms with Gasteiger partial charge in [-0.15, -0.1) is 0 Å². The average molecular weight is 264 g/mol. The summed E-state index contributed by atoms with van der Waals surface area (Å²) in [4.78, 5) is 14.6. The highest BCUT2D eigenvalue weighted by molar-refractivity contribution is 5.71. The van der Waals surface area contributed by atoms with Gasteiger partial charge in [-0.2, -0.15) is 0 Å². The number of carbonyl (C=O) groups excluding carboxylic acids is 1. The molecular weight excluding hydrogens is 243 g/mol. The molecule has 1 rings (SSSR count). The summed E-state index contributed by atoms with van der Waals surface area (Å²) in [5, 5.41) is 0. The van der Waals surface area contributed by atoms with Crippen LogP contribution in [0.15, 0.2) is 48.7 Å². The van der Waals surface area contributed by atoms with Crippen LogP contribution in [-0.2, 0) is 6.54 Å². The predicted molar refractivity (Wildman–Crippen MR) is 76.7 cm³/mol. The molecule has 104 valence electrons. The Hall–Kier alpha value is -1.97. The summed E-state index contributed by atoms with van der Waals surface area (Å²) >= 11 is 0. The summed E-state index contributed by atoms with van der Waals surface area (Å²) in [6, 6.07) is 0. The van der Waals surface area contributed by atoms with Crippen LogP contribution in [0.25, 0.3) is 0 Å². The number of nitrogens with zero attached hydrogens (tertiary/aromatic N) is 2. The quantitative estimate of drug-likeness (QED) is 0.572. The first-order chi connectivity index (χ1) is 9.17. The fraction of sp³-hybridized carbons (Fsp3) is 0.333. The number of imidazole rings is 1. The third-order valence-corrected chi connectivity index (χ3v) is 2.22. The maximum Gasteiger partial charge on any atom is 0.168 e. The molecule has 0 spiro atoms. The van der Waals surface area contributed by atoms with Crippen LogP contribution in [0.3, 0.4) is 0 Å². The molecule has 19 heavy (non-hydrogen) atoms. The van der Waals surface area contributed by atoms with Gasteiger partial charge in [0.15, 0.2) is 6.29 Å². The molecule has 1 aromatic heterocycles. The molecule has 0 saturated carbocycles. The highest BCUT2D eigenvalue weighted by atomic mass is 19.1. The van der Waals surface area contributed by atoms with E-state index in [1.54, 1.807) is 23.0 Å². The van der Waals surface area contributed by atoms with E-state index >= 15 is 0 Å². The van der Waals surface area contributed by atoms with Gasteiger partial charge in [0, 0.05) is 6.54 Å². The minimum atomic E-state index is -0.251. The molecule has 0 unspecified atom stereocenters. The number of allylic oxidation sites excluding steroid dienone is 5. The van der Waals surface area contributed by atoms with Gasteiger partial charge in [0.05, 0.1) is 18.4 Å². The van der Waals surface area contributed by atoms with Gasteiger partial charge in [-0.3, -0.25) is 4.79 Å². The van der Waals surface area contributed by atoms with E-state index in [0.29, 0.717) is 18.7 Å². The summed E-state index contributed by atoms with van der Waals surface area (Å²) in [5.41, 5.74) is 1.34. The summed E-state index contributed by atoms with van der Waals surface area (Å²) in [7, 11) is 0. The van der Waals surface area contributed by atoms with Crippen molar-refractivity contribution in [3.63, 3.8) is 0 Å². The molecule has 0 N–H and O–H groups in total. The minimum Gasteiger partial charge on any atom is -0.328 e. The topological polar surface area (TPSA) is 34.9 Å². The van der Waals surface area contributed by atoms with Crippen molar-refractivity contribution in [3.8, 4) is 0 Å². The zero-order valence-corrected chi connectivity index (χ0v) is 11.8. The summed E-state index contributed by atoms with van der Waals surface area (Å²) < 4.78 is 14.5. The number of carbonyl (C=O) groups is 1. The largest absolute Gasteiger partial charge is 0.328 e. The molecule has 0 aliphatic carbocycles. The maximum atomic E-state index is 12.8. The summed E-state index contributed by atoms with van der Waals surface area (Å²) in [5.74, 6) is -0.251. The van der Waals surface area contributed by atoms with Crippen molar-refractivity contribution < 1.29 is 9.18 Å². The van der Waals surface area contributed by atoms with Crippen LogP contribution >= 0.6 is 0 Å². The summed E-state index contributed by atoms with van der Waals surface area (Å²) in [6.07, 6.45) is 9.27. The first-order valence-corrected chi connectivity index (χ1v) is 6.28. The van der Waals surface area contributed by atoms with E-state index in [0.717, 1.165) is 11.9 Å². The third-order valence-electron chi connectivity index (χ3n) is 2.22. The van der Waals surface area contributed by atoms with Gasteiger partial charge in [0.2, 0.25) is 0 Å². The van der Waals surface area contributed by atoms with E-state index in [9.17, 15) is 9.18 Å². The molecule has 0 atom stereocenters. The van der Waals surface area contributed by atoms with Gasteiger partial charge >= 0.3 is 0 Å². The Morgan fingerprint density at radius 3 is 2.74 bits per heavy atom. The normalized spacial score (nSPS) is 11.6. The second-order valence-corrected chi connectivity index (χ2v) is 3.59. The molecule has 0 bridgehead atoms. The van der Waals surface area contributed by atoms with Crippen LogP contribution in [0.5, 0.6) is 0 Å². The van der Waals surface area contributed by atoms with E-state index in [4.69, 9.17) is 0 Å². The van der Waals surface area contributed by atoms with Gasteiger partial charge in [-0.1, -0.05) is 32.6 Å². The van der Waals surface area contributed by atoms with Crippen LogP contribution < -0.4 is 0 Å². The molecule has 0 saturated heterocycles. The van der Waals surface area contributed by atoms with E-state index < -0.39 is 0 Å². The first kappa shape index (κ1) is 17.0. The van der Waals surface area contributed by atoms with Crippen molar-refractivity contribution >= 4 is 6.29 Å². The molecule has 3 nitrogen and oxygen atoms in total. The molecule has 0 fully saturated rings. The molecular formula is C15H21FN2O. The molecule has 4 heteroatoms. The monoisotopic (exact) mass is 264 g/mol. The minimum absolute atomic E-state index is 0.251. The van der Waals surface area contributed by atoms with Crippen molar-refractivity contribution in [1.29, 1.82) is 0 Å². The van der Waals surface area contributed by atoms with E-state index in [2.05, 4.69) is 11.6 Å². The predicted octanol–water partition coefficient (Wildman–Crippen LogP) is 4.10. The van der Waals surface area contributed by atoms with Crippen LogP contribution in [0.4, 0.5) is 4.39 Å². The SMILES string of the molecule is C=C/C=C(\C=C(/C)F)CCn1cncc1C=O.CC. The highest BCUT2D eigenvalue weighted by Gasteiger charge is 2.01. The molecule has 0 radical (unpaired) electrons. The zero-order chi connectivity index (χ0) is 14.7. The smallest absolute Gasteiger partial charge is 0.168 e. The zero-order valence-electron chi connectivity index (χ0n) is 11.8. The molecule has 0 aliphatic heterocycles. The Kier molecular flexibility index (Phi) is 8.96. The second-order valence-electron chi connectivity index (χ2n) is 3.59. The van der Waals surface area contributed by atoms with Crippen LogP contribution in [0.1, 0.15) is 37.7 Å². The molecule has 1 aromatic rings. The number of halogens is 1. The lowest BCUT2D eigenvalue weighted by Crippen LogP contribution is -2.01. The average Bonchev–Trinajstić information content (AvgIpc) is 2.85. The number of aryl methyl sites for hydroxylation is 1. The van der Waals surface area contributed by atoms with E-state index in [1.807, 2.05) is 13.8 Å². The number of aldehydes is 1. The van der Waals surface area contributed by atoms with E-state index in [-0.39, 0.29) is 5.83 Å². The Labute approximate surface area is 114 Å². The Morgan fingerprint density at radius 2 is 2.21 bits per heavy atom. The lowest BCUT2D eigenvalue weighted by molar-refractivity contribution is 0.111. The van der Waals surface area contributed by atoms with Gasteiger partial charge in [0.25, 0.3) is 0 Å². The Morgan fingerprint density at radius 1 is 1.53 bits per heavy atom. The van der Waals surface area contributed by atoms with Crippen molar-refractivity contribution in [1.82, 2.24) is 9.55 Å². The van der Waals surface area contributed by atoms with Crippen LogP contribution in [0.2, 0.25) is 0 Å². The number of rotatable bonds is 6. The van der Waals surface area contributed by atoms with Crippen LogP contribution in [0, 0.1) is 0 Å². The van der Waals surface area contributed by atoms with Crippen molar-refractivity contribution in [3.05, 3.63) is 54.4 Å². The fourth-order valence-corrected chi connectivity index (χ4v) is 1.48. The van der Waals surface area contributed by atoms with Gasteiger partial charge < -0.3 is 4.57 Å². The van der Waals surface area contributed by atoms with E-state index in [1.165, 1.54) is 19.2 Å². The standard InChI is InChI=1S/C13H15FN2O.C2H6/c1-3-4-12(7-11(2)14)5-6-16-10-15-8-13(16)9-17;1-2/h3-4,7-10H,1,5-6H2,2H3;1-2H3/b11-7+,12-4-;. The maximum absolute atomic E-state index is 12.8. The Balaban J connectivity index is 0.00000154. The number of hydrogen-bond acceptors (Lipinski definition) is 2. The van der Waals surface area contributed by atoms with Crippen molar-refractivity contribution in [2.24, 2.45) is 0 Å². The highest BCUT2D eigenvalue weighted by Crippen LogP contribution is 2.10. The second kappa shape index (κ2) is 10.00. The van der Waals surface area contributed by atoms with Crippen LogP contribution in [-0.4, -0.2) is 15.8 Å². The number of hydrogen-bond donors (Lipinski definition) is 0. The summed E-state index contributed by atoms with van der Waals surface area (Å²) in [6.45, 7) is 9.56. The van der Waals surface area contributed by atoms with Crippen molar-refractivity contribution in [2.75, 3.05) is 0 Å². The lowest BCUT2D eigenvalue weighted by atomic mass is 10.1. The fourth-order valence-electron chi connectivity index (χ4n) is 1.48. The molecule has 0 amide bonds.